The van der Waals surface area contributed by atoms with Crippen molar-refractivity contribution in [3.8, 4) is 0 Å². The zero-order chi connectivity index (χ0) is 11.2. The highest BCUT2D eigenvalue weighted by atomic mass is 19.1. The summed E-state index contributed by atoms with van der Waals surface area (Å²) < 4.78 is 13.4. The van der Waals surface area contributed by atoms with Gasteiger partial charge in [0.1, 0.15) is 5.82 Å². The van der Waals surface area contributed by atoms with Crippen molar-refractivity contribution in [1.29, 1.82) is 0 Å². The van der Waals surface area contributed by atoms with Crippen LogP contribution in [0.15, 0.2) is 24.3 Å². The topological polar surface area (TPSA) is 41.8 Å². The minimum atomic E-state index is -0.158. The summed E-state index contributed by atoms with van der Waals surface area (Å²) in [5.41, 5.74) is 8.05. The van der Waals surface area contributed by atoms with Crippen LogP contribution in [0.4, 0.5) is 4.39 Å². The maximum Gasteiger partial charge on any atom is 0.132 e. The molecule has 0 atom stereocenters. The molecule has 2 aromatic rings. The van der Waals surface area contributed by atoms with Crippen molar-refractivity contribution in [2.24, 2.45) is 5.73 Å². The summed E-state index contributed by atoms with van der Waals surface area (Å²) in [5, 5.41) is 0.680. The van der Waals surface area contributed by atoms with E-state index in [0.717, 1.165) is 36.9 Å². The molecule has 84 valence electrons. The second-order valence-corrected chi connectivity index (χ2v) is 4.86. The van der Waals surface area contributed by atoms with E-state index in [0.29, 0.717) is 5.39 Å². The molecule has 3 rings (SSSR count). The van der Waals surface area contributed by atoms with E-state index in [4.69, 9.17) is 5.73 Å². The van der Waals surface area contributed by atoms with Crippen molar-refractivity contribution in [3.63, 3.8) is 0 Å². The van der Waals surface area contributed by atoms with Gasteiger partial charge in [-0.2, -0.15) is 0 Å². The Morgan fingerprint density at radius 1 is 1.38 bits per heavy atom. The van der Waals surface area contributed by atoms with Crippen LogP contribution in [0, 0.1) is 5.82 Å². The van der Waals surface area contributed by atoms with Crippen LogP contribution < -0.4 is 5.73 Å². The standard InChI is InChI=1S/C13H15FN2/c14-11-2-1-3-12-10(11)8-9(16-12)4-5-13(15)6-7-13/h1-3,8,16H,4-7,15H2. The number of aromatic amines is 1. The number of aryl methyl sites for hydroxylation is 1. The molecular weight excluding hydrogens is 203 g/mol. The first-order valence-electron chi connectivity index (χ1n) is 5.71. The Morgan fingerprint density at radius 3 is 2.88 bits per heavy atom. The van der Waals surface area contributed by atoms with Gasteiger partial charge in [0.2, 0.25) is 0 Å². The molecule has 1 aliphatic rings. The van der Waals surface area contributed by atoms with Crippen LogP contribution in [0.1, 0.15) is 25.0 Å². The lowest BCUT2D eigenvalue weighted by atomic mass is 10.1. The second kappa shape index (κ2) is 3.32. The van der Waals surface area contributed by atoms with Gasteiger partial charge in [0, 0.05) is 22.1 Å². The summed E-state index contributed by atoms with van der Waals surface area (Å²) in [5.74, 6) is -0.158. The Hall–Kier alpha value is -1.35. The lowest BCUT2D eigenvalue weighted by Gasteiger charge is -2.05. The molecule has 1 aromatic heterocycles. The molecule has 3 heteroatoms. The summed E-state index contributed by atoms with van der Waals surface area (Å²) >= 11 is 0. The number of aromatic nitrogens is 1. The number of rotatable bonds is 3. The molecule has 1 aromatic carbocycles. The third-order valence-corrected chi connectivity index (χ3v) is 3.45. The number of hydrogen-bond acceptors (Lipinski definition) is 1. The number of H-pyrrole nitrogens is 1. The van der Waals surface area contributed by atoms with Crippen LogP contribution in [0.3, 0.4) is 0 Å². The molecule has 0 aliphatic heterocycles. The van der Waals surface area contributed by atoms with Crippen LogP contribution in [0.2, 0.25) is 0 Å². The van der Waals surface area contributed by atoms with Crippen LogP contribution >= 0.6 is 0 Å². The largest absolute Gasteiger partial charge is 0.358 e. The molecule has 0 bridgehead atoms. The number of benzene rings is 1. The van der Waals surface area contributed by atoms with Crippen LogP contribution in [0.25, 0.3) is 10.9 Å². The highest BCUT2D eigenvalue weighted by molar-refractivity contribution is 5.80. The molecule has 0 unspecified atom stereocenters. The van der Waals surface area contributed by atoms with Gasteiger partial charge < -0.3 is 10.7 Å². The normalized spacial score (nSPS) is 17.9. The van der Waals surface area contributed by atoms with Crippen molar-refractivity contribution in [2.75, 3.05) is 0 Å². The molecule has 2 nitrogen and oxygen atoms in total. The van der Waals surface area contributed by atoms with Crippen molar-refractivity contribution in [2.45, 2.75) is 31.2 Å². The van der Waals surface area contributed by atoms with E-state index in [2.05, 4.69) is 4.98 Å². The quantitative estimate of drug-likeness (QED) is 0.817. The summed E-state index contributed by atoms with van der Waals surface area (Å²) in [6.45, 7) is 0. The van der Waals surface area contributed by atoms with E-state index in [1.165, 1.54) is 6.07 Å². The first-order chi connectivity index (χ1) is 7.66. The second-order valence-electron chi connectivity index (χ2n) is 4.86. The van der Waals surface area contributed by atoms with Gasteiger partial charge in [-0.15, -0.1) is 0 Å². The van der Waals surface area contributed by atoms with Crippen LogP contribution in [0.5, 0.6) is 0 Å². The van der Waals surface area contributed by atoms with E-state index in [9.17, 15) is 4.39 Å². The van der Waals surface area contributed by atoms with Crippen molar-refractivity contribution >= 4 is 10.9 Å². The molecule has 0 saturated heterocycles. The molecule has 16 heavy (non-hydrogen) atoms. The van der Waals surface area contributed by atoms with Gasteiger partial charge in [0.15, 0.2) is 0 Å². The minimum Gasteiger partial charge on any atom is -0.358 e. The average molecular weight is 218 g/mol. The fraction of sp³-hybridized carbons (Fsp3) is 0.385. The van der Waals surface area contributed by atoms with Crippen LogP contribution in [-0.4, -0.2) is 10.5 Å². The van der Waals surface area contributed by atoms with Gasteiger partial charge >= 0.3 is 0 Å². The minimum absolute atomic E-state index is 0.0653. The Bertz CT molecular complexity index is 526. The van der Waals surface area contributed by atoms with Gasteiger partial charge in [-0.25, -0.2) is 4.39 Å². The van der Waals surface area contributed by atoms with Gasteiger partial charge in [-0.3, -0.25) is 0 Å². The number of fused-ring (bicyclic) bond motifs is 1. The predicted molar refractivity (Wildman–Crippen MR) is 62.7 cm³/mol. The fourth-order valence-electron chi connectivity index (χ4n) is 2.10. The molecule has 0 amide bonds. The molecule has 0 spiro atoms. The molecule has 1 heterocycles. The van der Waals surface area contributed by atoms with Gasteiger partial charge in [-0.05, 0) is 43.9 Å². The molecule has 1 fully saturated rings. The summed E-state index contributed by atoms with van der Waals surface area (Å²) in [6.07, 6.45) is 4.15. The van der Waals surface area contributed by atoms with E-state index >= 15 is 0 Å². The zero-order valence-electron chi connectivity index (χ0n) is 9.09. The SMILES string of the molecule is NC1(CCc2cc3c(F)cccc3[nH]2)CC1. The Labute approximate surface area is 93.6 Å². The molecule has 0 radical (unpaired) electrons. The monoisotopic (exact) mass is 218 g/mol. The van der Waals surface area contributed by atoms with Crippen molar-refractivity contribution < 1.29 is 4.39 Å². The van der Waals surface area contributed by atoms with Gasteiger partial charge in [0.05, 0.1) is 0 Å². The Kier molecular flexibility index (Phi) is 2.04. The van der Waals surface area contributed by atoms with Crippen LogP contribution in [-0.2, 0) is 6.42 Å². The molecular formula is C13H15FN2. The lowest BCUT2D eigenvalue weighted by molar-refractivity contribution is 0.605. The van der Waals surface area contributed by atoms with Gasteiger partial charge in [-0.1, -0.05) is 6.07 Å². The third-order valence-electron chi connectivity index (χ3n) is 3.45. The van der Waals surface area contributed by atoms with Crippen molar-refractivity contribution in [1.82, 2.24) is 4.98 Å². The highest BCUT2D eigenvalue weighted by Gasteiger charge is 2.37. The summed E-state index contributed by atoms with van der Waals surface area (Å²) in [6, 6.07) is 7.02. The third kappa shape index (κ3) is 1.71. The number of hydrogen-bond donors (Lipinski definition) is 2. The van der Waals surface area contributed by atoms with E-state index in [1.54, 1.807) is 6.07 Å². The first-order valence-corrected chi connectivity index (χ1v) is 5.71. The van der Waals surface area contributed by atoms with E-state index < -0.39 is 0 Å². The van der Waals surface area contributed by atoms with Gasteiger partial charge in [0.25, 0.3) is 0 Å². The predicted octanol–water partition coefficient (Wildman–Crippen LogP) is 2.73. The maximum atomic E-state index is 13.4. The number of nitrogens with one attached hydrogen (secondary N) is 1. The lowest BCUT2D eigenvalue weighted by Crippen LogP contribution is -2.22. The van der Waals surface area contributed by atoms with E-state index in [1.807, 2.05) is 12.1 Å². The average Bonchev–Trinajstić information content (AvgIpc) is 2.84. The first kappa shape index (κ1) is 9.85. The number of nitrogens with two attached hydrogens (primary N) is 1. The highest BCUT2D eigenvalue weighted by Crippen LogP contribution is 2.36. The molecule has 1 saturated carbocycles. The van der Waals surface area contributed by atoms with Crippen molar-refractivity contribution in [3.05, 3.63) is 35.8 Å². The fourth-order valence-corrected chi connectivity index (χ4v) is 2.10. The van der Waals surface area contributed by atoms with E-state index in [-0.39, 0.29) is 11.4 Å². The zero-order valence-corrected chi connectivity index (χ0v) is 9.09. The number of halogens is 1. The Balaban J connectivity index is 1.85. The maximum absolute atomic E-state index is 13.4. The Morgan fingerprint density at radius 2 is 2.19 bits per heavy atom. The molecule has 3 N–H and O–H groups in total. The summed E-state index contributed by atoms with van der Waals surface area (Å²) in [4.78, 5) is 3.24. The summed E-state index contributed by atoms with van der Waals surface area (Å²) in [7, 11) is 0. The smallest absolute Gasteiger partial charge is 0.132 e. The molecule has 1 aliphatic carbocycles.